The molecule has 1 radical (unpaired) electrons. The zero-order valence-corrected chi connectivity index (χ0v) is 8.72. The van der Waals surface area contributed by atoms with Gasteiger partial charge in [0.25, 0.3) is 0 Å². The Morgan fingerprint density at radius 2 is 1.79 bits per heavy atom. The van der Waals surface area contributed by atoms with Gasteiger partial charge in [-0.25, -0.2) is 0 Å². The number of carbonyl (C=O) groups excluding carboxylic acids is 1. The summed E-state index contributed by atoms with van der Waals surface area (Å²) in [4.78, 5) is 14.1. The largest absolute Gasteiger partial charge is 0.342 e. The van der Waals surface area contributed by atoms with Crippen molar-refractivity contribution in [2.75, 3.05) is 19.6 Å². The van der Waals surface area contributed by atoms with Crippen molar-refractivity contribution in [2.24, 2.45) is 5.41 Å². The van der Waals surface area contributed by atoms with E-state index in [1.807, 2.05) is 4.90 Å². The highest BCUT2D eigenvalue weighted by molar-refractivity contribution is 5.84. The second-order valence-corrected chi connectivity index (χ2v) is 4.66. The molecule has 2 fully saturated rings. The monoisotopic (exact) mass is 195 g/mol. The average molecular weight is 195 g/mol. The van der Waals surface area contributed by atoms with E-state index in [0.29, 0.717) is 6.54 Å². The van der Waals surface area contributed by atoms with E-state index in [2.05, 4.69) is 0 Å². The maximum Gasteiger partial charge on any atom is 0.230 e. The van der Waals surface area contributed by atoms with Crippen LogP contribution >= 0.6 is 0 Å². The van der Waals surface area contributed by atoms with Crippen molar-refractivity contribution >= 4 is 5.91 Å². The van der Waals surface area contributed by atoms with Crippen molar-refractivity contribution in [3.63, 3.8) is 0 Å². The van der Waals surface area contributed by atoms with Gasteiger partial charge in [-0.2, -0.15) is 0 Å². The van der Waals surface area contributed by atoms with Crippen LogP contribution in [0.1, 0.15) is 38.5 Å². The number of amides is 1. The molecule has 1 aliphatic heterocycles. The molecule has 0 bridgehead atoms. The predicted molar refractivity (Wildman–Crippen MR) is 54.7 cm³/mol. The van der Waals surface area contributed by atoms with Crippen molar-refractivity contribution in [3.8, 4) is 0 Å². The van der Waals surface area contributed by atoms with Crippen molar-refractivity contribution in [1.29, 1.82) is 0 Å². The molecule has 79 valence electrons. The second kappa shape index (κ2) is 3.89. The fourth-order valence-electron chi connectivity index (χ4n) is 2.50. The van der Waals surface area contributed by atoms with Gasteiger partial charge in [-0.3, -0.25) is 10.5 Å². The first-order valence-corrected chi connectivity index (χ1v) is 5.72. The van der Waals surface area contributed by atoms with Crippen LogP contribution in [0.4, 0.5) is 0 Å². The molecule has 3 heteroatoms. The van der Waals surface area contributed by atoms with Crippen LogP contribution in [-0.2, 0) is 4.79 Å². The first-order chi connectivity index (χ1) is 6.78. The van der Waals surface area contributed by atoms with Crippen LogP contribution in [0, 0.1) is 5.41 Å². The summed E-state index contributed by atoms with van der Waals surface area (Å²) in [7, 11) is 0. The van der Waals surface area contributed by atoms with E-state index in [0.717, 1.165) is 45.2 Å². The Balaban J connectivity index is 1.98. The molecule has 1 amide bonds. The zero-order valence-electron chi connectivity index (χ0n) is 8.72. The van der Waals surface area contributed by atoms with Gasteiger partial charge in [0.05, 0.1) is 5.41 Å². The summed E-state index contributed by atoms with van der Waals surface area (Å²) < 4.78 is 0. The molecule has 1 saturated carbocycles. The van der Waals surface area contributed by atoms with Gasteiger partial charge in [-0.15, -0.1) is 0 Å². The van der Waals surface area contributed by atoms with Crippen LogP contribution in [-0.4, -0.2) is 30.4 Å². The molecule has 0 atom stereocenters. The lowest BCUT2D eigenvalue weighted by Gasteiger charge is -2.43. The first-order valence-electron chi connectivity index (χ1n) is 5.72. The fraction of sp³-hybridized carbons (Fsp3) is 0.909. The summed E-state index contributed by atoms with van der Waals surface area (Å²) in [6, 6.07) is 0. The molecule has 0 unspecified atom stereocenters. The molecule has 1 heterocycles. The molecule has 0 aromatic heterocycles. The Hall–Kier alpha value is -0.570. The van der Waals surface area contributed by atoms with Gasteiger partial charge in [0.1, 0.15) is 0 Å². The summed E-state index contributed by atoms with van der Waals surface area (Å²) in [5.74, 6) is 0.276. The normalized spacial score (nSPS) is 25.6. The van der Waals surface area contributed by atoms with Gasteiger partial charge < -0.3 is 4.90 Å². The van der Waals surface area contributed by atoms with Crippen molar-refractivity contribution in [2.45, 2.75) is 38.5 Å². The van der Waals surface area contributed by atoms with E-state index in [1.165, 1.54) is 6.42 Å². The van der Waals surface area contributed by atoms with E-state index >= 15 is 0 Å². The summed E-state index contributed by atoms with van der Waals surface area (Å²) >= 11 is 0. The average Bonchev–Trinajstić information content (AvgIpc) is 2.18. The van der Waals surface area contributed by atoms with Crippen LogP contribution in [0.3, 0.4) is 0 Å². The predicted octanol–water partition coefficient (Wildman–Crippen LogP) is 1.45. The number of nitrogens with zero attached hydrogens (tertiary/aromatic N) is 1. The first kappa shape index (κ1) is 9.97. The van der Waals surface area contributed by atoms with Gasteiger partial charge in [0.15, 0.2) is 0 Å². The SMILES string of the molecule is [NH]CC1(C(=O)N2CCCCC2)CCC1. The lowest BCUT2D eigenvalue weighted by molar-refractivity contribution is -0.147. The Bertz CT molecular complexity index is 212. The molecule has 3 nitrogen and oxygen atoms in total. The van der Waals surface area contributed by atoms with E-state index in [4.69, 9.17) is 5.73 Å². The van der Waals surface area contributed by atoms with Gasteiger partial charge in [0.2, 0.25) is 5.91 Å². The third kappa shape index (κ3) is 1.54. The number of piperidine rings is 1. The quantitative estimate of drug-likeness (QED) is 0.657. The van der Waals surface area contributed by atoms with E-state index in [1.54, 1.807) is 0 Å². The molecule has 2 rings (SSSR count). The minimum absolute atomic E-state index is 0.267. The van der Waals surface area contributed by atoms with Crippen molar-refractivity contribution in [3.05, 3.63) is 0 Å². The number of hydrogen-bond acceptors (Lipinski definition) is 1. The standard InChI is InChI=1S/C11H19N2O/c12-9-11(5-4-6-11)10(14)13-7-2-1-3-8-13/h12H,1-9H2. The van der Waals surface area contributed by atoms with Gasteiger partial charge >= 0.3 is 0 Å². The molecule has 1 saturated heterocycles. The number of nitrogens with one attached hydrogen (secondary N) is 1. The smallest absolute Gasteiger partial charge is 0.230 e. The van der Waals surface area contributed by atoms with Crippen LogP contribution in [0.15, 0.2) is 0 Å². The molecular weight excluding hydrogens is 176 g/mol. The maximum absolute atomic E-state index is 12.1. The van der Waals surface area contributed by atoms with Crippen molar-refractivity contribution < 1.29 is 4.79 Å². The summed E-state index contributed by atoms with van der Waals surface area (Å²) in [5, 5.41) is 0. The van der Waals surface area contributed by atoms with Crippen molar-refractivity contribution in [1.82, 2.24) is 10.6 Å². The molecule has 14 heavy (non-hydrogen) atoms. The maximum atomic E-state index is 12.1. The Morgan fingerprint density at radius 3 is 2.21 bits per heavy atom. The van der Waals surface area contributed by atoms with Gasteiger partial charge in [-0.1, -0.05) is 6.42 Å². The van der Waals surface area contributed by atoms with Gasteiger partial charge in [-0.05, 0) is 32.1 Å². The molecule has 1 aliphatic carbocycles. The Morgan fingerprint density at radius 1 is 1.14 bits per heavy atom. The number of rotatable bonds is 2. The number of likely N-dealkylation sites (tertiary alicyclic amines) is 1. The van der Waals surface area contributed by atoms with Gasteiger partial charge in [0, 0.05) is 19.6 Å². The highest BCUT2D eigenvalue weighted by Gasteiger charge is 2.45. The summed E-state index contributed by atoms with van der Waals surface area (Å²) in [6.07, 6.45) is 6.60. The second-order valence-electron chi connectivity index (χ2n) is 4.66. The minimum atomic E-state index is -0.267. The van der Waals surface area contributed by atoms with E-state index < -0.39 is 0 Å². The van der Waals surface area contributed by atoms with Crippen LogP contribution < -0.4 is 5.73 Å². The van der Waals surface area contributed by atoms with Crippen LogP contribution in [0.2, 0.25) is 0 Å². The minimum Gasteiger partial charge on any atom is -0.342 e. The van der Waals surface area contributed by atoms with Crippen LogP contribution in [0.5, 0.6) is 0 Å². The van der Waals surface area contributed by atoms with E-state index in [-0.39, 0.29) is 11.3 Å². The summed E-state index contributed by atoms with van der Waals surface area (Å²) in [5.41, 5.74) is 7.24. The number of carbonyl (C=O) groups is 1. The molecular formula is C11H19N2O. The van der Waals surface area contributed by atoms with E-state index in [9.17, 15) is 4.79 Å². The lowest BCUT2D eigenvalue weighted by atomic mass is 9.67. The topological polar surface area (TPSA) is 44.1 Å². The molecule has 0 aromatic rings. The third-order valence-corrected chi connectivity index (χ3v) is 3.75. The Labute approximate surface area is 85.6 Å². The lowest BCUT2D eigenvalue weighted by Crippen LogP contribution is -2.51. The highest BCUT2D eigenvalue weighted by atomic mass is 16.2. The fourth-order valence-corrected chi connectivity index (χ4v) is 2.50. The Kier molecular flexibility index (Phi) is 2.77. The molecule has 2 aliphatic rings. The molecule has 0 spiro atoms. The number of hydrogen-bond donors (Lipinski definition) is 0. The highest BCUT2D eigenvalue weighted by Crippen LogP contribution is 2.42. The zero-order chi connectivity index (χ0) is 10.0. The third-order valence-electron chi connectivity index (χ3n) is 3.75. The summed E-state index contributed by atoms with van der Waals surface area (Å²) in [6.45, 7) is 2.16. The van der Waals surface area contributed by atoms with Crippen LogP contribution in [0.25, 0.3) is 0 Å². The molecule has 0 aromatic carbocycles. The molecule has 1 N–H and O–H groups in total.